The maximum absolute atomic E-state index is 12.6. The van der Waals surface area contributed by atoms with Crippen molar-refractivity contribution in [3.8, 4) is 0 Å². The molecule has 1 aliphatic carbocycles. The number of likely N-dealkylation sites (tertiary alicyclic amines) is 1. The molecule has 0 spiro atoms. The van der Waals surface area contributed by atoms with Gasteiger partial charge in [0.1, 0.15) is 0 Å². The Morgan fingerprint density at radius 3 is 2.40 bits per heavy atom. The molecule has 1 aliphatic heterocycles. The van der Waals surface area contributed by atoms with Crippen LogP contribution in [-0.4, -0.2) is 47.5 Å². The van der Waals surface area contributed by atoms with Crippen molar-refractivity contribution in [2.75, 3.05) is 19.3 Å². The van der Waals surface area contributed by atoms with Gasteiger partial charge in [0.15, 0.2) is 0 Å². The van der Waals surface area contributed by atoms with E-state index in [4.69, 9.17) is 0 Å². The van der Waals surface area contributed by atoms with E-state index in [9.17, 15) is 4.79 Å². The lowest BCUT2D eigenvalue weighted by Crippen LogP contribution is -2.52. The summed E-state index contributed by atoms with van der Waals surface area (Å²) < 4.78 is 0. The van der Waals surface area contributed by atoms with Gasteiger partial charge in [-0.2, -0.15) is 11.8 Å². The second-order valence-corrected chi connectivity index (χ2v) is 7.37. The predicted molar refractivity (Wildman–Crippen MR) is 87.2 cm³/mol. The van der Waals surface area contributed by atoms with Gasteiger partial charge in [0.05, 0.1) is 6.04 Å². The van der Waals surface area contributed by atoms with Crippen molar-refractivity contribution in [2.24, 2.45) is 0 Å². The van der Waals surface area contributed by atoms with Crippen LogP contribution in [0.1, 0.15) is 58.3 Å². The van der Waals surface area contributed by atoms with E-state index in [0.29, 0.717) is 17.2 Å². The molecule has 1 saturated carbocycles. The summed E-state index contributed by atoms with van der Waals surface area (Å²) in [6.07, 6.45) is 12.3. The second kappa shape index (κ2) is 8.28. The van der Waals surface area contributed by atoms with Gasteiger partial charge in [-0.15, -0.1) is 0 Å². The molecule has 0 bridgehead atoms. The van der Waals surface area contributed by atoms with E-state index in [1.807, 2.05) is 11.8 Å². The minimum Gasteiger partial charge on any atom is -0.341 e. The maximum atomic E-state index is 12.6. The molecule has 3 atom stereocenters. The molecular weight excluding hydrogens is 268 g/mol. The summed E-state index contributed by atoms with van der Waals surface area (Å²) in [4.78, 5) is 14.7. The van der Waals surface area contributed by atoms with Gasteiger partial charge in [-0.05, 0) is 38.9 Å². The fourth-order valence-corrected chi connectivity index (χ4v) is 4.47. The fourth-order valence-electron chi connectivity index (χ4n) is 3.53. The minimum absolute atomic E-state index is 0.0224. The van der Waals surface area contributed by atoms with Crippen LogP contribution in [-0.2, 0) is 4.79 Å². The van der Waals surface area contributed by atoms with Gasteiger partial charge in [0.2, 0.25) is 5.91 Å². The SMILES string of the molecule is CSC1CCCCC1NC(C)C(=O)N1CCCCCC1. The Hall–Kier alpha value is -0.220. The van der Waals surface area contributed by atoms with E-state index in [1.54, 1.807) is 0 Å². The first-order chi connectivity index (χ1) is 9.72. The molecule has 1 heterocycles. The number of nitrogens with zero attached hydrogens (tertiary/aromatic N) is 1. The van der Waals surface area contributed by atoms with E-state index in [2.05, 4.69) is 23.4 Å². The summed E-state index contributed by atoms with van der Waals surface area (Å²) in [5, 5.41) is 4.31. The molecule has 2 fully saturated rings. The Morgan fingerprint density at radius 1 is 1.10 bits per heavy atom. The van der Waals surface area contributed by atoms with Crippen molar-refractivity contribution >= 4 is 17.7 Å². The number of rotatable bonds is 4. The molecule has 1 N–H and O–H groups in total. The molecule has 2 rings (SSSR count). The molecule has 20 heavy (non-hydrogen) atoms. The minimum atomic E-state index is -0.0224. The van der Waals surface area contributed by atoms with E-state index in [-0.39, 0.29) is 6.04 Å². The van der Waals surface area contributed by atoms with Crippen molar-refractivity contribution in [1.29, 1.82) is 0 Å². The Bertz CT molecular complexity index is 303. The lowest BCUT2D eigenvalue weighted by Gasteiger charge is -2.34. The van der Waals surface area contributed by atoms with Crippen molar-refractivity contribution in [2.45, 2.75) is 75.6 Å². The van der Waals surface area contributed by atoms with Crippen molar-refractivity contribution in [1.82, 2.24) is 10.2 Å². The van der Waals surface area contributed by atoms with Gasteiger partial charge in [0.25, 0.3) is 0 Å². The van der Waals surface area contributed by atoms with Crippen LogP contribution in [0, 0.1) is 0 Å². The fraction of sp³-hybridized carbons (Fsp3) is 0.938. The van der Waals surface area contributed by atoms with Crippen LogP contribution in [0.5, 0.6) is 0 Å². The molecule has 0 aromatic carbocycles. The topological polar surface area (TPSA) is 32.3 Å². The van der Waals surface area contributed by atoms with Gasteiger partial charge >= 0.3 is 0 Å². The smallest absolute Gasteiger partial charge is 0.239 e. The number of carbonyl (C=O) groups excluding carboxylic acids is 1. The monoisotopic (exact) mass is 298 g/mol. The summed E-state index contributed by atoms with van der Waals surface area (Å²) in [6.45, 7) is 3.97. The number of hydrogen-bond donors (Lipinski definition) is 1. The zero-order chi connectivity index (χ0) is 14.4. The molecule has 1 saturated heterocycles. The molecular formula is C16H30N2OS. The van der Waals surface area contributed by atoms with Crippen LogP contribution >= 0.6 is 11.8 Å². The highest BCUT2D eigenvalue weighted by molar-refractivity contribution is 7.99. The van der Waals surface area contributed by atoms with E-state index >= 15 is 0 Å². The summed E-state index contributed by atoms with van der Waals surface area (Å²) >= 11 is 1.96. The first-order valence-electron chi connectivity index (χ1n) is 8.30. The average molecular weight is 298 g/mol. The number of thioether (sulfide) groups is 1. The highest BCUT2D eigenvalue weighted by Crippen LogP contribution is 2.27. The molecule has 0 aromatic rings. The van der Waals surface area contributed by atoms with Gasteiger partial charge in [-0.3, -0.25) is 4.79 Å². The highest BCUT2D eigenvalue weighted by atomic mass is 32.2. The van der Waals surface area contributed by atoms with Crippen LogP contribution in [0.3, 0.4) is 0 Å². The van der Waals surface area contributed by atoms with Crippen molar-refractivity contribution in [3.05, 3.63) is 0 Å². The Kier molecular flexibility index (Phi) is 6.69. The van der Waals surface area contributed by atoms with E-state index < -0.39 is 0 Å². The van der Waals surface area contributed by atoms with Gasteiger partial charge < -0.3 is 10.2 Å². The maximum Gasteiger partial charge on any atom is 0.239 e. The van der Waals surface area contributed by atoms with Crippen LogP contribution in [0.25, 0.3) is 0 Å². The third kappa shape index (κ3) is 4.39. The molecule has 0 radical (unpaired) electrons. The summed E-state index contributed by atoms with van der Waals surface area (Å²) in [5.41, 5.74) is 0. The first kappa shape index (κ1) is 16.2. The van der Waals surface area contributed by atoms with Crippen LogP contribution in [0.15, 0.2) is 0 Å². The number of hydrogen-bond acceptors (Lipinski definition) is 3. The second-order valence-electron chi connectivity index (χ2n) is 6.29. The van der Waals surface area contributed by atoms with Crippen molar-refractivity contribution in [3.63, 3.8) is 0 Å². The van der Waals surface area contributed by atoms with Crippen LogP contribution in [0.4, 0.5) is 0 Å². The van der Waals surface area contributed by atoms with E-state index in [1.165, 1.54) is 51.4 Å². The highest BCUT2D eigenvalue weighted by Gasteiger charge is 2.29. The van der Waals surface area contributed by atoms with Gasteiger partial charge in [-0.1, -0.05) is 25.7 Å². The molecule has 4 heteroatoms. The van der Waals surface area contributed by atoms with Gasteiger partial charge in [0, 0.05) is 24.4 Å². The average Bonchev–Trinajstić information content (AvgIpc) is 2.76. The molecule has 1 amide bonds. The lowest BCUT2D eigenvalue weighted by molar-refractivity contribution is -0.133. The Balaban J connectivity index is 1.85. The van der Waals surface area contributed by atoms with E-state index in [0.717, 1.165) is 13.1 Å². The Morgan fingerprint density at radius 2 is 1.75 bits per heavy atom. The van der Waals surface area contributed by atoms with Crippen molar-refractivity contribution < 1.29 is 4.79 Å². The normalized spacial score (nSPS) is 29.8. The number of carbonyl (C=O) groups is 1. The molecule has 3 nitrogen and oxygen atoms in total. The summed E-state index contributed by atoms with van der Waals surface area (Å²) in [6, 6.07) is 0.496. The predicted octanol–water partition coefficient (Wildman–Crippen LogP) is 3.04. The molecule has 2 aliphatic rings. The Labute approximate surface area is 128 Å². The number of amides is 1. The number of nitrogens with one attached hydrogen (secondary N) is 1. The lowest BCUT2D eigenvalue weighted by atomic mass is 9.94. The molecule has 3 unspecified atom stereocenters. The van der Waals surface area contributed by atoms with Gasteiger partial charge in [-0.25, -0.2) is 0 Å². The largest absolute Gasteiger partial charge is 0.341 e. The van der Waals surface area contributed by atoms with Crippen LogP contribution in [0.2, 0.25) is 0 Å². The summed E-state index contributed by atoms with van der Waals surface area (Å²) in [7, 11) is 0. The van der Waals surface area contributed by atoms with Crippen LogP contribution < -0.4 is 5.32 Å². The standard InChI is InChI=1S/C16H30N2OS/c1-13(16(19)18-11-7-3-4-8-12-18)17-14-9-5-6-10-15(14)20-2/h13-15,17H,3-12H2,1-2H3. The zero-order valence-corrected chi connectivity index (χ0v) is 13.9. The zero-order valence-electron chi connectivity index (χ0n) is 13.1. The third-order valence-electron chi connectivity index (χ3n) is 4.76. The summed E-state index contributed by atoms with van der Waals surface area (Å²) in [5.74, 6) is 0.317. The first-order valence-corrected chi connectivity index (χ1v) is 9.59. The molecule has 116 valence electrons. The molecule has 0 aromatic heterocycles. The quantitative estimate of drug-likeness (QED) is 0.866. The third-order valence-corrected chi connectivity index (χ3v) is 5.93.